The van der Waals surface area contributed by atoms with Gasteiger partial charge in [0, 0.05) is 26.2 Å². The van der Waals surface area contributed by atoms with E-state index in [1.54, 1.807) is 18.4 Å². The lowest BCUT2D eigenvalue weighted by atomic mass is 9.80. The zero-order valence-electron chi connectivity index (χ0n) is 12.6. The van der Waals surface area contributed by atoms with Crippen LogP contribution < -0.4 is 0 Å². The van der Waals surface area contributed by atoms with E-state index in [0.29, 0.717) is 31.6 Å². The number of nitrogens with zero attached hydrogens (tertiary/aromatic N) is 3. The van der Waals surface area contributed by atoms with Crippen LogP contribution in [0.3, 0.4) is 0 Å². The van der Waals surface area contributed by atoms with E-state index >= 15 is 0 Å². The first-order valence-corrected chi connectivity index (χ1v) is 8.49. The third-order valence-electron chi connectivity index (χ3n) is 4.43. The van der Waals surface area contributed by atoms with E-state index in [9.17, 15) is 0 Å². The molecule has 1 aliphatic heterocycles. The van der Waals surface area contributed by atoms with Crippen molar-refractivity contribution in [1.29, 1.82) is 0 Å². The lowest BCUT2D eigenvalue weighted by Crippen LogP contribution is -2.39. The molecule has 0 bridgehead atoms. The molecule has 4 rings (SSSR count). The van der Waals surface area contributed by atoms with Crippen molar-refractivity contribution in [2.24, 2.45) is 0 Å². The molecule has 1 aliphatic carbocycles. The van der Waals surface area contributed by atoms with Crippen LogP contribution in [0.5, 0.6) is 0 Å². The van der Waals surface area contributed by atoms with Crippen LogP contribution in [0.15, 0.2) is 10.7 Å². The van der Waals surface area contributed by atoms with Gasteiger partial charge in [-0.2, -0.15) is 4.98 Å². The van der Waals surface area contributed by atoms with Crippen LogP contribution in [0.25, 0.3) is 10.8 Å². The zero-order chi connectivity index (χ0) is 15.0. The van der Waals surface area contributed by atoms with E-state index in [1.807, 2.05) is 6.20 Å². The maximum atomic E-state index is 5.50. The molecule has 2 aliphatic rings. The molecule has 1 saturated carbocycles. The second kappa shape index (κ2) is 5.72. The maximum Gasteiger partial charge on any atom is 0.269 e. The van der Waals surface area contributed by atoms with Crippen LogP contribution in [0.4, 0.5) is 0 Å². The molecule has 0 unspecified atom stereocenters. The van der Waals surface area contributed by atoms with Crippen LogP contribution >= 0.6 is 11.3 Å². The Morgan fingerprint density at radius 2 is 2.18 bits per heavy atom. The van der Waals surface area contributed by atoms with Crippen LogP contribution in [0.2, 0.25) is 0 Å². The van der Waals surface area contributed by atoms with Gasteiger partial charge in [-0.15, -0.1) is 11.3 Å². The summed E-state index contributed by atoms with van der Waals surface area (Å²) in [6.07, 6.45) is 6.06. The van der Waals surface area contributed by atoms with Crippen molar-refractivity contribution < 1.29 is 14.0 Å². The first kappa shape index (κ1) is 14.3. The minimum absolute atomic E-state index is 0.196. The fourth-order valence-electron chi connectivity index (χ4n) is 2.92. The van der Waals surface area contributed by atoms with E-state index in [-0.39, 0.29) is 5.41 Å². The van der Waals surface area contributed by atoms with Crippen molar-refractivity contribution in [2.45, 2.75) is 37.0 Å². The minimum atomic E-state index is -0.196. The van der Waals surface area contributed by atoms with Gasteiger partial charge in [-0.05, 0) is 25.7 Å². The van der Waals surface area contributed by atoms with Crippen molar-refractivity contribution in [3.05, 3.63) is 17.0 Å². The molecule has 0 spiro atoms. The van der Waals surface area contributed by atoms with Gasteiger partial charge in [0.25, 0.3) is 5.89 Å². The van der Waals surface area contributed by atoms with Gasteiger partial charge in [0.2, 0.25) is 0 Å². The molecule has 0 radical (unpaired) electrons. The Hall–Kier alpha value is -1.31. The number of hydrogen-bond donors (Lipinski definition) is 0. The molecule has 1 saturated heterocycles. The molecule has 3 heterocycles. The first-order chi connectivity index (χ1) is 10.8. The maximum absolute atomic E-state index is 5.50. The van der Waals surface area contributed by atoms with Crippen LogP contribution in [-0.2, 0) is 14.9 Å². The fourth-order valence-corrected chi connectivity index (χ4v) is 3.92. The predicted octanol–water partition coefficient (Wildman–Crippen LogP) is 2.77. The molecule has 22 heavy (non-hydrogen) atoms. The summed E-state index contributed by atoms with van der Waals surface area (Å²) in [7, 11) is 1.71. The molecule has 0 aromatic carbocycles. The average Bonchev–Trinajstić information content (AvgIpc) is 3.08. The third kappa shape index (κ3) is 2.57. The first-order valence-electron chi connectivity index (χ1n) is 7.68. The summed E-state index contributed by atoms with van der Waals surface area (Å²) in [5, 5.41) is 5.42. The van der Waals surface area contributed by atoms with Gasteiger partial charge >= 0.3 is 0 Å². The zero-order valence-corrected chi connectivity index (χ0v) is 13.4. The highest BCUT2D eigenvalue weighted by atomic mass is 32.1. The van der Waals surface area contributed by atoms with Gasteiger partial charge in [-0.25, -0.2) is 4.98 Å². The summed E-state index contributed by atoms with van der Waals surface area (Å²) < 4.78 is 16.4. The molecule has 6 nitrogen and oxygen atoms in total. The molecule has 2 aromatic rings. The van der Waals surface area contributed by atoms with Gasteiger partial charge in [-0.3, -0.25) is 0 Å². The second-order valence-electron chi connectivity index (χ2n) is 6.09. The van der Waals surface area contributed by atoms with Crippen molar-refractivity contribution in [1.82, 2.24) is 15.1 Å². The number of ether oxygens (including phenoxy) is 2. The third-order valence-corrected chi connectivity index (χ3v) is 5.58. The molecule has 118 valence electrons. The second-order valence-corrected chi connectivity index (χ2v) is 7.15. The predicted molar refractivity (Wildman–Crippen MR) is 81.0 cm³/mol. The summed E-state index contributed by atoms with van der Waals surface area (Å²) in [5.41, 5.74) is -0.196. The summed E-state index contributed by atoms with van der Waals surface area (Å²) in [5.74, 6) is 1.95. The summed E-state index contributed by atoms with van der Waals surface area (Å²) in [6, 6.07) is 0. The lowest BCUT2D eigenvalue weighted by Gasteiger charge is -2.33. The van der Waals surface area contributed by atoms with E-state index in [1.165, 1.54) is 17.8 Å². The Morgan fingerprint density at radius 1 is 1.36 bits per heavy atom. The van der Waals surface area contributed by atoms with Crippen LogP contribution in [0.1, 0.15) is 42.4 Å². The molecule has 2 aromatic heterocycles. The molecular formula is C15H19N3O3S. The highest BCUT2D eigenvalue weighted by molar-refractivity contribution is 7.15. The fraction of sp³-hybridized carbons (Fsp3) is 0.667. The van der Waals surface area contributed by atoms with E-state index in [4.69, 9.17) is 14.0 Å². The number of hydrogen-bond acceptors (Lipinski definition) is 7. The standard InChI is InChI=1S/C15H19N3O3S/c1-19-9-15(4-6-20-7-5-15)14-17-12(21-18-14)11-8-16-13(22-11)10-2-3-10/h8,10H,2-7,9H2,1H3. The number of methoxy groups -OCH3 is 1. The average molecular weight is 321 g/mol. The Morgan fingerprint density at radius 3 is 2.91 bits per heavy atom. The molecule has 7 heteroatoms. The SMILES string of the molecule is COCC1(c2noc(-c3cnc(C4CC4)s3)n2)CCOCC1. The van der Waals surface area contributed by atoms with Crippen molar-refractivity contribution in [2.75, 3.05) is 26.9 Å². The van der Waals surface area contributed by atoms with Crippen molar-refractivity contribution >= 4 is 11.3 Å². The lowest BCUT2D eigenvalue weighted by molar-refractivity contribution is 0.00915. The van der Waals surface area contributed by atoms with Gasteiger partial charge < -0.3 is 14.0 Å². The monoisotopic (exact) mass is 321 g/mol. The smallest absolute Gasteiger partial charge is 0.269 e. The quantitative estimate of drug-likeness (QED) is 0.843. The van der Waals surface area contributed by atoms with Gasteiger partial charge in [-0.1, -0.05) is 5.16 Å². The molecule has 2 fully saturated rings. The van der Waals surface area contributed by atoms with Gasteiger partial charge in [0.1, 0.15) is 4.88 Å². The van der Waals surface area contributed by atoms with Crippen LogP contribution in [0, 0.1) is 0 Å². The highest BCUT2D eigenvalue weighted by Gasteiger charge is 2.39. The Balaban J connectivity index is 1.61. The number of thiazole rings is 1. The Kier molecular flexibility index (Phi) is 3.71. The number of aromatic nitrogens is 3. The van der Waals surface area contributed by atoms with Crippen molar-refractivity contribution in [3.63, 3.8) is 0 Å². The molecule has 0 amide bonds. The Labute approximate surface area is 132 Å². The summed E-state index contributed by atoms with van der Waals surface area (Å²) in [6.45, 7) is 2.00. The Bertz CT molecular complexity index is 638. The highest BCUT2D eigenvalue weighted by Crippen LogP contribution is 2.43. The molecular weight excluding hydrogens is 302 g/mol. The molecule has 0 atom stereocenters. The summed E-state index contributed by atoms with van der Waals surface area (Å²) >= 11 is 1.67. The minimum Gasteiger partial charge on any atom is -0.384 e. The van der Waals surface area contributed by atoms with Gasteiger partial charge in [0.15, 0.2) is 5.82 Å². The van der Waals surface area contributed by atoms with Crippen molar-refractivity contribution in [3.8, 4) is 10.8 Å². The van der Waals surface area contributed by atoms with E-state index in [0.717, 1.165) is 23.5 Å². The largest absolute Gasteiger partial charge is 0.384 e. The van der Waals surface area contributed by atoms with E-state index in [2.05, 4.69) is 15.1 Å². The normalized spacial score (nSPS) is 21.1. The van der Waals surface area contributed by atoms with Crippen LogP contribution in [-0.4, -0.2) is 42.1 Å². The molecule has 0 N–H and O–H groups in total. The topological polar surface area (TPSA) is 70.3 Å². The van der Waals surface area contributed by atoms with E-state index < -0.39 is 0 Å². The number of rotatable bonds is 5. The summed E-state index contributed by atoms with van der Waals surface area (Å²) in [4.78, 5) is 10.1. The van der Waals surface area contributed by atoms with Gasteiger partial charge in [0.05, 0.1) is 23.2 Å².